The lowest BCUT2D eigenvalue weighted by molar-refractivity contribution is -0.0459. The molecule has 0 amide bonds. The molecule has 0 bridgehead atoms. The van der Waals surface area contributed by atoms with E-state index in [1.165, 1.54) is 19.3 Å². The summed E-state index contributed by atoms with van der Waals surface area (Å²) in [5.74, 6) is 0. The first kappa shape index (κ1) is 9.47. The normalized spacial score (nSPS) is 31.8. The van der Waals surface area contributed by atoms with Crippen LogP contribution < -0.4 is 5.73 Å². The third-order valence-corrected chi connectivity index (χ3v) is 4.10. The first-order valence-electron chi connectivity index (χ1n) is 5.68. The van der Waals surface area contributed by atoms with Crippen molar-refractivity contribution in [3.63, 3.8) is 0 Å². The van der Waals surface area contributed by atoms with Crippen LogP contribution in [0.2, 0.25) is 0 Å². The van der Waals surface area contributed by atoms with Crippen LogP contribution in [-0.4, -0.2) is 16.2 Å². The van der Waals surface area contributed by atoms with Gasteiger partial charge >= 0.3 is 0 Å². The Kier molecular flexibility index (Phi) is 2.37. The Balaban J connectivity index is 2.11. The second-order valence-corrected chi connectivity index (χ2v) is 4.96. The standard InChI is InChI=1S/C11H21NO/c12-10(6-2-1-3-7-10)11(13)8-4-5-9-11/h13H,1-9,12H2. The molecule has 2 heteroatoms. The molecule has 0 heterocycles. The summed E-state index contributed by atoms with van der Waals surface area (Å²) in [6, 6.07) is 0. The Bertz CT molecular complexity index is 179. The van der Waals surface area contributed by atoms with E-state index in [0.29, 0.717) is 0 Å². The van der Waals surface area contributed by atoms with Crippen molar-refractivity contribution in [2.45, 2.75) is 68.9 Å². The zero-order valence-corrected chi connectivity index (χ0v) is 8.39. The minimum atomic E-state index is -0.520. The zero-order valence-electron chi connectivity index (χ0n) is 8.39. The molecule has 2 fully saturated rings. The van der Waals surface area contributed by atoms with Crippen molar-refractivity contribution in [2.24, 2.45) is 5.73 Å². The third kappa shape index (κ3) is 1.50. The van der Waals surface area contributed by atoms with Gasteiger partial charge in [0.05, 0.1) is 5.60 Å². The van der Waals surface area contributed by atoms with Crippen molar-refractivity contribution in [3.8, 4) is 0 Å². The minimum Gasteiger partial charge on any atom is -0.388 e. The highest BCUT2D eigenvalue weighted by atomic mass is 16.3. The maximum atomic E-state index is 10.5. The molecule has 2 saturated carbocycles. The maximum Gasteiger partial charge on any atom is 0.0826 e. The summed E-state index contributed by atoms with van der Waals surface area (Å²) in [4.78, 5) is 0. The quantitative estimate of drug-likeness (QED) is 0.652. The number of nitrogens with two attached hydrogens (primary N) is 1. The average Bonchev–Trinajstić information content (AvgIpc) is 2.55. The topological polar surface area (TPSA) is 46.2 Å². The Morgan fingerprint density at radius 1 is 0.769 bits per heavy atom. The van der Waals surface area contributed by atoms with Gasteiger partial charge < -0.3 is 10.8 Å². The van der Waals surface area contributed by atoms with Crippen LogP contribution in [0.1, 0.15) is 57.8 Å². The van der Waals surface area contributed by atoms with Gasteiger partial charge in [-0.1, -0.05) is 32.1 Å². The molecule has 0 saturated heterocycles. The fraction of sp³-hybridized carbons (Fsp3) is 1.00. The second-order valence-electron chi connectivity index (χ2n) is 4.96. The Morgan fingerprint density at radius 2 is 1.23 bits per heavy atom. The SMILES string of the molecule is NC1(C2(O)CCCC2)CCCCC1. The van der Waals surface area contributed by atoms with Crippen molar-refractivity contribution >= 4 is 0 Å². The van der Waals surface area contributed by atoms with Crippen molar-refractivity contribution in [2.75, 3.05) is 0 Å². The van der Waals surface area contributed by atoms with Crippen molar-refractivity contribution in [3.05, 3.63) is 0 Å². The van der Waals surface area contributed by atoms with Crippen LogP contribution in [-0.2, 0) is 0 Å². The summed E-state index contributed by atoms with van der Waals surface area (Å²) in [7, 11) is 0. The van der Waals surface area contributed by atoms with Gasteiger partial charge in [0.2, 0.25) is 0 Å². The lowest BCUT2D eigenvalue weighted by atomic mass is 9.70. The summed E-state index contributed by atoms with van der Waals surface area (Å²) in [5.41, 5.74) is 5.58. The van der Waals surface area contributed by atoms with E-state index in [0.717, 1.165) is 38.5 Å². The van der Waals surface area contributed by atoms with Gasteiger partial charge in [-0.15, -0.1) is 0 Å². The highest BCUT2D eigenvalue weighted by Crippen LogP contribution is 2.44. The minimum absolute atomic E-state index is 0.248. The molecule has 0 aromatic heterocycles. The van der Waals surface area contributed by atoms with Crippen LogP contribution in [0.4, 0.5) is 0 Å². The van der Waals surface area contributed by atoms with Crippen LogP contribution in [0.5, 0.6) is 0 Å². The van der Waals surface area contributed by atoms with E-state index in [1.54, 1.807) is 0 Å². The third-order valence-electron chi connectivity index (χ3n) is 4.10. The van der Waals surface area contributed by atoms with E-state index < -0.39 is 5.60 Å². The Hall–Kier alpha value is -0.0800. The highest BCUT2D eigenvalue weighted by molar-refractivity contribution is 5.06. The van der Waals surface area contributed by atoms with Crippen molar-refractivity contribution in [1.29, 1.82) is 0 Å². The van der Waals surface area contributed by atoms with Crippen molar-refractivity contribution < 1.29 is 5.11 Å². The van der Waals surface area contributed by atoms with Gasteiger partial charge in [-0.05, 0) is 25.7 Å². The molecule has 2 nitrogen and oxygen atoms in total. The number of hydrogen-bond donors (Lipinski definition) is 2. The van der Waals surface area contributed by atoms with Gasteiger partial charge in [-0.25, -0.2) is 0 Å². The first-order chi connectivity index (χ1) is 6.16. The number of rotatable bonds is 1. The summed E-state index contributed by atoms with van der Waals surface area (Å²) >= 11 is 0. The fourth-order valence-corrected chi connectivity index (χ4v) is 3.11. The smallest absolute Gasteiger partial charge is 0.0826 e. The molecule has 0 atom stereocenters. The Labute approximate surface area is 80.5 Å². The summed E-state index contributed by atoms with van der Waals surface area (Å²) in [6.07, 6.45) is 9.97. The van der Waals surface area contributed by atoms with Gasteiger partial charge in [0.1, 0.15) is 0 Å². The van der Waals surface area contributed by atoms with Gasteiger partial charge in [0, 0.05) is 5.54 Å². The van der Waals surface area contributed by atoms with Gasteiger partial charge in [0.25, 0.3) is 0 Å². The van der Waals surface area contributed by atoms with Gasteiger partial charge in [-0.2, -0.15) is 0 Å². The van der Waals surface area contributed by atoms with Crippen LogP contribution >= 0.6 is 0 Å². The summed E-state index contributed by atoms with van der Waals surface area (Å²) in [6.45, 7) is 0. The fourth-order valence-electron chi connectivity index (χ4n) is 3.11. The zero-order chi connectivity index (χ0) is 9.36. The molecule has 0 aromatic carbocycles. The molecular formula is C11H21NO. The van der Waals surface area contributed by atoms with Crippen LogP contribution in [0.3, 0.4) is 0 Å². The first-order valence-corrected chi connectivity index (χ1v) is 5.68. The predicted octanol–water partition coefficient (Wildman–Crippen LogP) is 1.95. The van der Waals surface area contributed by atoms with Crippen molar-refractivity contribution in [1.82, 2.24) is 0 Å². The monoisotopic (exact) mass is 183 g/mol. The van der Waals surface area contributed by atoms with E-state index in [1.807, 2.05) is 0 Å². The van der Waals surface area contributed by atoms with E-state index in [9.17, 15) is 5.11 Å². The Morgan fingerprint density at radius 3 is 1.77 bits per heavy atom. The summed E-state index contributed by atoms with van der Waals surface area (Å²) < 4.78 is 0. The molecule has 2 rings (SSSR count). The van der Waals surface area contributed by atoms with Gasteiger partial charge in [-0.3, -0.25) is 0 Å². The van der Waals surface area contributed by atoms with Crippen LogP contribution in [0.25, 0.3) is 0 Å². The lowest BCUT2D eigenvalue weighted by Gasteiger charge is -2.45. The molecule has 3 N–H and O–H groups in total. The van der Waals surface area contributed by atoms with E-state index in [2.05, 4.69) is 0 Å². The predicted molar refractivity (Wildman–Crippen MR) is 53.4 cm³/mol. The molecular weight excluding hydrogens is 162 g/mol. The average molecular weight is 183 g/mol. The molecule has 2 aliphatic carbocycles. The molecule has 76 valence electrons. The number of hydrogen-bond acceptors (Lipinski definition) is 2. The van der Waals surface area contributed by atoms with E-state index in [4.69, 9.17) is 5.73 Å². The van der Waals surface area contributed by atoms with Crippen LogP contribution in [0.15, 0.2) is 0 Å². The van der Waals surface area contributed by atoms with E-state index in [-0.39, 0.29) is 5.54 Å². The molecule has 0 aliphatic heterocycles. The molecule has 13 heavy (non-hydrogen) atoms. The van der Waals surface area contributed by atoms with Gasteiger partial charge in [0.15, 0.2) is 0 Å². The molecule has 0 spiro atoms. The second kappa shape index (κ2) is 3.25. The molecule has 0 radical (unpaired) electrons. The summed E-state index contributed by atoms with van der Waals surface area (Å²) in [5, 5.41) is 10.5. The highest BCUT2D eigenvalue weighted by Gasteiger charge is 2.48. The number of aliphatic hydroxyl groups is 1. The molecule has 2 aliphatic rings. The molecule has 0 aromatic rings. The molecule has 0 unspecified atom stereocenters. The van der Waals surface area contributed by atoms with Crippen LogP contribution in [0, 0.1) is 0 Å². The van der Waals surface area contributed by atoms with E-state index >= 15 is 0 Å². The lowest BCUT2D eigenvalue weighted by Crippen LogP contribution is -2.60. The maximum absolute atomic E-state index is 10.5. The largest absolute Gasteiger partial charge is 0.388 e.